The number of para-hydroxylation sites is 2. The number of benzene rings is 3. The second-order valence-corrected chi connectivity index (χ2v) is 11.9. The molecule has 0 saturated carbocycles. The summed E-state index contributed by atoms with van der Waals surface area (Å²) in [6.45, 7) is 7.60. The average Bonchev–Trinajstić information content (AvgIpc) is 3.04. The summed E-state index contributed by atoms with van der Waals surface area (Å²) in [5.41, 5.74) is 0.639. The fraction of sp³-hybridized carbons (Fsp3) is 0.324. The zero-order valence-electron chi connectivity index (χ0n) is 26.6. The van der Waals surface area contributed by atoms with Crippen molar-refractivity contribution in [2.24, 2.45) is 0 Å². The van der Waals surface area contributed by atoms with Crippen molar-refractivity contribution >= 4 is 46.1 Å². The molecule has 5 rings (SSSR count). The Morgan fingerprint density at radius 3 is 2.36 bits per heavy atom. The molecule has 3 amide bonds. The van der Waals surface area contributed by atoms with Crippen molar-refractivity contribution < 1.29 is 23.6 Å². The number of carbonyl (C=O) groups is 3. The molecule has 0 spiro atoms. The molecular formula is C34H38ClN6O6+. The minimum Gasteiger partial charge on any atom is -0.462 e. The number of rotatable bonds is 9. The molecule has 246 valence electrons. The number of ether oxygens (including phenoxy) is 1. The van der Waals surface area contributed by atoms with Crippen LogP contribution < -0.4 is 27.2 Å². The summed E-state index contributed by atoms with van der Waals surface area (Å²) in [5.74, 6) is -1.08. The van der Waals surface area contributed by atoms with Gasteiger partial charge in [-0.1, -0.05) is 41.9 Å². The fourth-order valence-electron chi connectivity index (χ4n) is 6.11. The lowest BCUT2D eigenvalue weighted by Gasteiger charge is -2.38. The highest BCUT2D eigenvalue weighted by Crippen LogP contribution is 2.25. The van der Waals surface area contributed by atoms with E-state index in [0.717, 1.165) is 4.57 Å². The first-order valence-electron chi connectivity index (χ1n) is 15.5. The van der Waals surface area contributed by atoms with Crippen LogP contribution in [0.1, 0.15) is 28.4 Å². The Bertz CT molecular complexity index is 1950. The zero-order valence-corrected chi connectivity index (χ0v) is 27.4. The Balaban J connectivity index is 1.48. The largest absolute Gasteiger partial charge is 0.462 e. The number of halogens is 1. The molecule has 1 aromatic heterocycles. The molecule has 0 radical (unpaired) electrons. The van der Waals surface area contributed by atoms with Gasteiger partial charge in [0.15, 0.2) is 0 Å². The second kappa shape index (κ2) is 14.3. The van der Waals surface area contributed by atoms with E-state index < -0.39 is 29.7 Å². The van der Waals surface area contributed by atoms with Gasteiger partial charge in [-0.05, 0) is 62.2 Å². The van der Waals surface area contributed by atoms with Crippen LogP contribution >= 0.6 is 11.6 Å². The smallest absolute Gasteiger partial charge is 0.421 e. The van der Waals surface area contributed by atoms with Gasteiger partial charge in [-0.25, -0.2) is 23.4 Å². The van der Waals surface area contributed by atoms with E-state index in [4.69, 9.17) is 16.3 Å². The molecule has 4 aromatic rings. The monoisotopic (exact) mass is 661 g/mol. The van der Waals surface area contributed by atoms with Crippen molar-refractivity contribution in [2.75, 3.05) is 51.2 Å². The molecule has 12 nitrogen and oxygen atoms in total. The molecule has 2 heterocycles. The lowest BCUT2D eigenvalue weighted by atomic mass is 9.98. The third-order valence-electron chi connectivity index (χ3n) is 8.51. The molecule has 0 unspecified atom stereocenters. The van der Waals surface area contributed by atoms with Crippen LogP contribution in [0.4, 0.5) is 10.5 Å². The van der Waals surface area contributed by atoms with Crippen LogP contribution in [0.25, 0.3) is 16.6 Å². The molecule has 1 saturated heterocycles. The van der Waals surface area contributed by atoms with Gasteiger partial charge in [0, 0.05) is 18.8 Å². The van der Waals surface area contributed by atoms with Gasteiger partial charge in [-0.2, -0.15) is 0 Å². The van der Waals surface area contributed by atoms with Crippen LogP contribution in [0.2, 0.25) is 5.02 Å². The number of amides is 3. The van der Waals surface area contributed by atoms with Crippen molar-refractivity contribution in [3.8, 4) is 5.69 Å². The number of esters is 1. The highest BCUT2D eigenvalue weighted by atomic mass is 35.5. The number of aromatic nitrogens is 2. The van der Waals surface area contributed by atoms with Gasteiger partial charge in [0.1, 0.15) is 13.1 Å². The van der Waals surface area contributed by atoms with Crippen LogP contribution in [0.3, 0.4) is 0 Å². The predicted octanol–water partition coefficient (Wildman–Crippen LogP) is 3.37. The molecule has 47 heavy (non-hydrogen) atoms. The number of anilines is 1. The molecule has 3 N–H and O–H groups in total. The SMILES string of the molecule is CCOC(=O)c1c(C)cc2c(c1C)c(=O)n(-c1ccccc1Cl)c(=O)n2CC(=O)NCC[N+]1(C(=O)Nc2ccccc2)CCNCC1. The molecule has 0 aliphatic carbocycles. The zero-order chi connectivity index (χ0) is 33.7. The standard InChI is InChI=1S/C34H37ClN6O6/c1-4-47-32(44)29-22(2)20-27-30(23(29)3)31(43)40(26-13-9-8-12-25(26)35)34(46)39(27)21-28(42)37-16-19-41(17-14-36-15-18-41)33(45)38-24-10-6-5-7-11-24/h5-13,20,36H,4,14-19,21H2,1-3H3,(H-,37,38,42,45)/p+1. The van der Waals surface area contributed by atoms with Gasteiger partial charge in [0.05, 0.1) is 53.4 Å². The van der Waals surface area contributed by atoms with E-state index in [9.17, 15) is 24.0 Å². The number of quaternary nitrogens is 1. The number of piperazine rings is 1. The van der Waals surface area contributed by atoms with Crippen LogP contribution in [0.15, 0.2) is 70.3 Å². The number of nitrogens with one attached hydrogen (secondary N) is 3. The first-order chi connectivity index (χ1) is 22.6. The lowest BCUT2D eigenvalue weighted by Crippen LogP contribution is -2.64. The maximum atomic E-state index is 14.0. The Morgan fingerprint density at radius 2 is 1.68 bits per heavy atom. The molecule has 0 bridgehead atoms. The molecule has 0 atom stereocenters. The molecule has 1 fully saturated rings. The number of nitrogens with zero attached hydrogens (tertiary/aromatic N) is 3. The van der Waals surface area contributed by atoms with Crippen LogP contribution in [0, 0.1) is 13.8 Å². The summed E-state index contributed by atoms with van der Waals surface area (Å²) >= 11 is 6.43. The minimum absolute atomic E-state index is 0.0916. The predicted molar refractivity (Wildman–Crippen MR) is 180 cm³/mol. The Labute approximate surface area is 276 Å². The van der Waals surface area contributed by atoms with Crippen molar-refractivity contribution in [3.63, 3.8) is 0 Å². The third-order valence-corrected chi connectivity index (χ3v) is 8.83. The van der Waals surface area contributed by atoms with Gasteiger partial charge >= 0.3 is 17.7 Å². The quantitative estimate of drug-likeness (QED) is 0.185. The fourth-order valence-corrected chi connectivity index (χ4v) is 6.33. The first-order valence-corrected chi connectivity index (χ1v) is 15.9. The third kappa shape index (κ3) is 6.85. The van der Waals surface area contributed by atoms with E-state index in [1.165, 1.54) is 10.6 Å². The minimum atomic E-state index is -0.763. The van der Waals surface area contributed by atoms with E-state index in [1.54, 1.807) is 45.0 Å². The normalized spacial score (nSPS) is 14.0. The van der Waals surface area contributed by atoms with Crippen molar-refractivity contribution in [1.82, 2.24) is 19.8 Å². The van der Waals surface area contributed by atoms with Crippen molar-refractivity contribution in [2.45, 2.75) is 27.3 Å². The van der Waals surface area contributed by atoms with Crippen LogP contribution in [-0.4, -0.2) is 77.4 Å². The molecule has 1 aliphatic rings. The summed E-state index contributed by atoms with van der Waals surface area (Å²) in [4.78, 5) is 67.8. The van der Waals surface area contributed by atoms with Crippen molar-refractivity contribution in [1.29, 1.82) is 0 Å². The maximum absolute atomic E-state index is 14.0. The Kier molecular flexibility index (Phi) is 10.2. The second-order valence-electron chi connectivity index (χ2n) is 11.5. The number of urea groups is 1. The van der Waals surface area contributed by atoms with Gasteiger partial charge in [0.2, 0.25) is 5.91 Å². The summed E-state index contributed by atoms with van der Waals surface area (Å²) in [6.07, 6.45) is 0. The number of hydrogen-bond donors (Lipinski definition) is 3. The van der Waals surface area contributed by atoms with E-state index in [-0.39, 0.29) is 50.8 Å². The number of carbonyl (C=O) groups excluding carboxylic acids is 3. The Morgan fingerprint density at radius 1 is 1.00 bits per heavy atom. The molecule has 1 aliphatic heterocycles. The number of fused-ring (bicyclic) bond motifs is 1. The summed E-state index contributed by atoms with van der Waals surface area (Å²) in [7, 11) is 0. The van der Waals surface area contributed by atoms with Gasteiger partial charge in [-0.15, -0.1) is 0 Å². The maximum Gasteiger partial charge on any atom is 0.421 e. The highest BCUT2D eigenvalue weighted by molar-refractivity contribution is 6.32. The highest BCUT2D eigenvalue weighted by Gasteiger charge is 2.38. The molecule has 3 aromatic carbocycles. The lowest BCUT2D eigenvalue weighted by molar-refractivity contribution is -0.848. The van der Waals surface area contributed by atoms with Gasteiger partial charge in [0.25, 0.3) is 5.56 Å². The number of hydrogen-bond acceptors (Lipinski definition) is 7. The first kappa shape index (κ1) is 33.6. The Hall–Kier alpha value is -4.78. The molecule has 13 heteroatoms. The van der Waals surface area contributed by atoms with E-state index in [1.807, 2.05) is 30.3 Å². The summed E-state index contributed by atoms with van der Waals surface area (Å²) < 4.78 is 7.50. The van der Waals surface area contributed by atoms with E-state index in [2.05, 4.69) is 16.0 Å². The summed E-state index contributed by atoms with van der Waals surface area (Å²) in [5, 5.41) is 9.40. The van der Waals surface area contributed by atoms with E-state index in [0.29, 0.717) is 49.5 Å². The van der Waals surface area contributed by atoms with Gasteiger partial charge < -0.3 is 15.4 Å². The number of aryl methyl sites for hydroxylation is 2. The van der Waals surface area contributed by atoms with Crippen molar-refractivity contribution in [3.05, 3.63) is 103 Å². The van der Waals surface area contributed by atoms with Gasteiger partial charge in [-0.3, -0.25) is 19.5 Å². The summed E-state index contributed by atoms with van der Waals surface area (Å²) in [6, 6.07) is 17.0. The van der Waals surface area contributed by atoms with E-state index >= 15 is 0 Å². The molecular weight excluding hydrogens is 624 g/mol. The average molecular weight is 662 g/mol. The topological polar surface area (TPSA) is 141 Å². The van der Waals surface area contributed by atoms with Crippen LogP contribution in [0.5, 0.6) is 0 Å². The van der Waals surface area contributed by atoms with Crippen LogP contribution in [-0.2, 0) is 16.1 Å².